The van der Waals surface area contributed by atoms with E-state index < -0.39 is 5.60 Å². The Kier molecular flexibility index (Phi) is 4.55. The lowest BCUT2D eigenvalue weighted by Gasteiger charge is -2.60. The van der Waals surface area contributed by atoms with Crippen molar-refractivity contribution in [1.29, 1.82) is 0 Å². The number of carbonyl (C=O) groups excluding carboxylic acids is 1. The number of aryl methyl sites for hydroxylation is 2. The normalized spacial score (nSPS) is 36.0. The second-order valence-electron chi connectivity index (χ2n) is 11.4. The highest BCUT2D eigenvalue weighted by atomic mass is 16.3. The monoisotopic (exact) mass is 434 g/mol. The van der Waals surface area contributed by atoms with Gasteiger partial charge in [-0.15, -0.1) is 0 Å². The zero-order valence-corrected chi connectivity index (χ0v) is 19.2. The van der Waals surface area contributed by atoms with E-state index in [4.69, 9.17) is 9.97 Å². The summed E-state index contributed by atoms with van der Waals surface area (Å²) in [4.78, 5) is 25.3. The number of aliphatic hydroxyl groups is 1. The number of rotatable bonds is 3. The molecule has 6 heteroatoms. The van der Waals surface area contributed by atoms with E-state index in [1.165, 1.54) is 12.0 Å². The predicted molar refractivity (Wildman–Crippen MR) is 124 cm³/mol. The number of hydrogen-bond donors (Lipinski definition) is 2. The van der Waals surface area contributed by atoms with E-state index in [9.17, 15) is 9.90 Å². The van der Waals surface area contributed by atoms with Crippen LogP contribution >= 0.6 is 0 Å². The van der Waals surface area contributed by atoms with E-state index in [0.29, 0.717) is 18.4 Å². The Morgan fingerprint density at radius 3 is 2.69 bits per heavy atom. The van der Waals surface area contributed by atoms with Crippen molar-refractivity contribution in [1.82, 2.24) is 15.3 Å². The summed E-state index contributed by atoms with van der Waals surface area (Å²) in [5.74, 6) is 1.99. The Labute approximate surface area is 189 Å². The molecule has 4 saturated carbocycles. The third-order valence-electron chi connectivity index (χ3n) is 8.52. The zero-order chi connectivity index (χ0) is 22.1. The molecule has 5 aliphatic rings. The average molecular weight is 435 g/mol. The second-order valence-corrected chi connectivity index (χ2v) is 11.4. The lowest BCUT2D eigenvalue weighted by atomic mass is 9.51. The van der Waals surface area contributed by atoms with Crippen molar-refractivity contribution in [3.8, 4) is 0 Å². The van der Waals surface area contributed by atoms with Crippen LogP contribution in [-0.2, 0) is 4.79 Å². The summed E-state index contributed by atoms with van der Waals surface area (Å²) < 4.78 is 0. The predicted octanol–water partition coefficient (Wildman–Crippen LogP) is 3.66. The molecule has 7 rings (SSSR count). The maximum atomic E-state index is 13.4. The van der Waals surface area contributed by atoms with Gasteiger partial charge in [0.25, 0.3) is 0 Å². The molecule has 32 heavy (non-hydrogen) atoms. The first-order chi connectivity index (χ1) is 15.3. The van der Waals surface area contributed by atoms with Crippen molar-refractivity contribution < 1.29 is 9.90 Å². The van der Waals surface area contributed by atoms with Crippen LogP contribution in [0.3, 0.4) is 0 Å². The Bertz CT molecular complexity index is 1070. The van der Waals surface area contributed by atoms with Gasteiger partial charge in [0.1, 0.15) is 0 Å². The molecule has 0 spiro atoms. The van der Waals surface area contributed by atoms with Gasteiger partial charge in [-0.25, -0.2) is 9.97 Å². The number of fused-ring (bicyclic) bond motifs is 1. The third-order valence-corrected chi connectivity index (χ3v) is 8.52. The first-order valence-electron chi connectivity index (χ1n) is 12.3. The zero-order valence-electron chi connectivity index (χ0n) is 19.2. The smallest absolute Gasteiger partial charge is 0.226 e. The van der Waals surface area contributed by atoms with Crippen LogP contribution in [-0.4, -0.2) is 45.2 Å². The summed E-state index contributed by atoms with van der Waals surface area (Å²) in [5.41, 5.74) is 2.41. The van der Waals surface area contributed by atoms with Gasteiger partial charge in [0, 0.05) is 24.0 Å². The van der Waals surface area contributed by atoms with E-state index in [0.717, 1.165) is 74.0 Å². The van der Waals surface area contributed by atoms with Crippen LogP contribution < -0.4 is 10.2 Å². The van der Waals surface area contributed by atoms with Gasteiger partial charge < -0.3 is 15.3 Å². The molecule has 1 aromatic heterocycles. The summed E-state index contributed by atoms with van der Waals surface area (Å²) in [5, 5.41) is 15.6. The highest BCUT2D eigenvalue weighted by molar-refractivity contribution is 5.83. The lowest BCUT2D eigenvalue weighted by molar-refractivity contribution is -0.152. The lowest BCUT2D eigenvalue weighted by Crippen LogP contribution is -2.66. The molecule has 1 aromatic carbocycles. The fourth-order valence-electron chi connectivity index (χ4n) is 7.62. The number of benzene rings is 1. The Morgan fingerprint density at radius 1 is 1.16 bits per heavy atom. The van der Waals surface area contributed by atoms with E-state index in [-0.39, 0.29) is 17.4 Å². The molecule has 5 atom stereocenters. The fourth-order valence-corrected chi connectivity index (χ4v) is 7.62. The molecule has 2 N–H and O–H groups in total. The molecule has 2 aromatic rings. The van der Waals surface area contributed by atoms with Crippen molar-refractivity contribution >= 4 is 22.8 Å². The average Bonchev–Trinajstić information content (AvgIpc) is 2.71. The molecular formula is C26H34N4O2. The molecule has 2 heterocycles. The second kappa shape index (κ2) is 7.14. The first kappa shape index (κ1) is 20.4. The Balaban J connectivity index is 1.20. The van der Waals surface area contributed by atoms with Gasteiger partial charge in [-0.2, -0.15) is 0 Å². The van der Waals surface area contributed by atoms with Crippen molar-refractivity contribution in [3.63, 3.8) is 0 Å². The summed E-state index contributed by atoms with van der Waals surface area (Å²) in [6, 6.07) is 6.30. The fraction of sp³-hybridized carbons (Fsp3) is 0.654. The molecule has 5 fully saturated rings. The Morgan fingerprint density at radius 2 is 1.94 bits per heavy atom. The number of hydrogen-bond acceptors (Lipinski definition) is 5. The van der Waals surface area contributed by atoms with Crippen molar-refractivity contribution in [2.24, 2.45) is 17.8 Å². The third kappa shape index (κ3) is 3.47. The topological polar surface area (TPSA) is 78.4 Å². The molecule has 1 aliphatic heterocycles. The van der Waals surface area contributed by atoms with Gasteiger partial charge in [0.2, 0.25) is 11.9 Å². The molecular weight excluding hydrogens is 400 g/mol. The van der Waals surface area contributed by atoms with Crippen LogP contribution in [0, 0.1) is 31.6 Å². The molecule has 6 nitrogen and oxygen atoms in total. The minimum Gasteiger partial charge on any atom is -0.390 e. The first-order valence-corrected chi connectivity index (χ1v) is 12.3. The minimum atomic E-state index is -0.551. The number of anilines is 1. The molecule has 170 valence electrons. The SMILES string of the molecule is Cc1ccc2c(C)nc(N3CCC[C@@H](C(=O)NC45C[C@@H]6C[C@@H](CC(O)(C6)C4)C5)C3)nc2c1. The minimum absolute atomic E-state index is 0.0523. The molecule has 4 bridgehead atoms. The molecule has 2 unspecified atom stereocenters. The van der Waals surface area contributed by atoms with Crippen LogP contribution in [0.1, 0.15) is 62.6 Å². The number of piperidine rings is 1. The van der Waals surface area contributed by atoms with Gasteiger partial charge in [-0.05, 0) is 88.7 Å². The van der Waals surface area contributed by atoms with Crippen LogP contribution in [0.15, 0.2) is 18.2 Å². The van der Waals surface area contributed by atoms with Crippen LogP contribution in [0.25, 0.3) is 10.9 Å². The Hall–Kier alpha value is -2.21. The van der Waals surface area contributed by atoms with Gasteiger partial charge in [0.05, 0.1) is 22.7 Å². The van der Waals surface area contributed by atoms with Crippen molar-refractivity contribution in [2.45, 2.75) is 76.4 Å². The molecule has 1 saturated heterocycles. The standard InChI is InChI=1S/C26H34N4O2/c1-16-5-6-21-17(2)27-24(28-22(21)8-16)30-7-3-4-20(14-30)23(31)29-25-10-18-9-19(11-25)13-26(32,12-18)15-25/h5-6,8,18-20,32H,3-4,7,9-15H2,1-2H3,(H,29,31)/t18-,19+,20-,25?,26?/m1/s1. The van der Waals surface area contributed by atoms with E-state index in [1.807, 2.05) is 6.92 Å². The summed E-state index contributed by atoms with van der Waals surface area (Å²) >= 11 is 0. The van der Waals surface area contributed by atoms with E-state index >= 15 is 0 Å². The number of nitrogens with zero attached hydrogens (tertiary/aromatic N) is 3. The van der Waals surface area contributed by atoms with Gasteiger partial charge in [-0.1, -0.05) is 12.1 Å². The highest BCUT2D eigenvalue weighted by Crippen LogP contribution is 2.57. The molecule has 4 aliphatic carbocycles. The van der Waals surface area contributed by atoms with Crippen LogP contribution in [0.4, 0.5) is 5.95 Å². The maximum absolute atomic E-state index is 13.4. The quantitative estimate of drug-likeness (QED) is 0.771. The number of aromatic nitrogens is 2. The number of amides is 1. The van der Waals surface area contributed by atoms with Crippen LogP contribution in [0.5, 0.6) is 0 Å². The van der Waals surface area contributed by atoms with Crippen molar-refractivity contribution in [3.05, 3.63) is 29.5 Å². The van der Waals surface area contributed by atoms with Gasteiger partial charge >= 0.3 is 0 Å². The highest BCUT2D eigenvalue weighted by Gasteiger charge is 2.57. The van der Waals surface area contributed by atoms with E-state index in [2.05, 4.69) is 35.3 Å². The van der Waals surface area contributed by atoms with Crippen molar-refractivity contribution in [2.75, 3.05) is 18.0 Å². The van der Waals surface area contributed by atoms with Gasteiger partial charge in [0.15, 0.2) is 0 Å². The number of carbonyl (C=O) groups is 1. The van der Waals surface area contributed by atoms with Gasteiger partial charge in [-0.3, -0.25) is 4.79 Å². The summed E-state index contributed by atoms with van der Waals surface area (Å²) in [6.45, 7) is 5.67. The summed E-state index contributed by atoms with van der Waals surface area (Å²) in [6.07, 6.45) is 7.78. The van der Waals surface area contributed by atoms with Crippen LogP contribution in [0.2, 0.25) is 0 Å². The number of nitrogens with one attached hydrogen (secondary N) is 1. The molecule has 1 amide bonds. The largest absolute Gasteiger partial charge is 0.390 e. The summed E-state index contributed by atoms with van der Waals surface area (Å²) in [7, 11) is 0. The van der Waals surface area contributed by atoms with E-state index in [1.54, 1.807) is 0 Å². The maximum Gasteiger partial charge on any atom is 0.226 e. The molecule has 0 radical (unpaired) electrons.